The molecule has 2 N–H and O–H groups in total. The summed E-state index contributed by atoms with van der Waals surface area (Å²) in [4.78, 5) is 13.3. The van der Waals surface area contributed by atoms with Gasteiger partial charge in [-0.3, -0.25) is 4.79 Å². The molecular weight excluding hydrogens is 368 g/mol. The Kier molecular flexibility index (Phi) is 6.39. The fourth-order valence-corrected chi connectivity index (χ4v) is 4.30. The zero-order valence-electron chi connectivity index (χ0n) is 15.2. The molecular formula is C18H25N4O2S2+. The Balaban J connectivity index is 1.64. The van der Waals surface area contributed by atoms with Crippen molar-refractivity contribution in [3.63, 3.8) is 0 Å². The number of aryl methyl sites for hydroxylation is 1. The van der Waals surface area contributed by atoms with Crippen molar-refractivity contribution in [2.24, 2.45) is 5.92 Å². The zero-order chi connectivity index (χ0) is 18.5. The number of hydrogen-bond donors (Lipinski definition) is 2. The number of nitrogens with zero attached hydrogens (tertiary/aromatic N) is 2. The number of likely N-dealkylation sites (tertiary alicyclic amines) is 1. The van der Waals surface area contributed by atoms with E-state index < -0.39 is 0 Å². The summed E-state index contributed by atoms with van der Waals surface area (Å²) in [6.07, 6.45) is 1.93. The third kappa shape index (κ3) is 4.90. The van der Waals surface area contributed by atoms with E-state index in [-0.39, 0.29) is 11.9 Å². The van der Waals surface area contributed by atoms with Gasteiger partial charge in [0.2, 0.25) is 5.13 Å². The number of benzene rings is 1. The van der Waals surface area contributed by atoms with Crippen LogP contribution in [0.3, 0.4) is 0 Å². The quantitative estimate of drug-likeness (QED) is 0.583. The van der Waals surface area contributed by atoms with E-state index >= 15 is 0 Å². The van der Waals surface area contributed by atoms with E-state index in [1.807, 2.05) is 23.7 Å². The number of esters is 1. The average Bonchev–Trinajstić information content (AvgIpc) is 2.94. The molecule has 2 heterocycles. The molecule has 0 spiro atoms. The second-order valence-corrected chi connectivity index (χ2v) is 8.24. The lowest BCUT2D eigenvalue weighted by atomic mass is 9.99. The van der Waals surface area contributed by atoms with E-state index in [0.29, 0.717) is 13.3 Å². The van der Waals surface area contributed by atoms with Crippen LogP contribution < -0.4 is 10.2 Å². The Morgan fingerprint density at radius 3 is 3.15 bits per heavy atom. The lowest BCUT2D eigenvalue weighted by Gasteiger charge is -2.28. The van der Waals surface area contributed by atoms with Gasteiger partial charge in [0.05, 0.1) is 19.7 Å². The molecule has 1 fully saturated rings. The Labute approximate surface area is 162 Å². The van der Waals surface area contributed by atoms with Crippen LogP contribution in [0.4, 0.5) is 10.8 Å². The van der Waals surface area contributed by atoms with Crippen LogP contribution in [-0.4, -0.2) is 35.4 Å². The van der Waals surface area contributed by atoms with Crippen molar-refractivity contribution in [1.29, 1.82) is 0 Å². The monoisotopic (exact) mass is 393 g/mol. The predicted octanol–water partition coefficient (Wildman–Crippen LogP) is 2.54. The molecule has 8 heteroatoms. The highest BCUT2D eigenvalue weighted by atomic mass is 32.1. The minimum atomic E-state index is -0.0756. The highest BCUT2D eigenvalue weighted by Crippen LogP contribution is 2.20. The van der Waals surface area contributed by atoms with Crippen molar-refractivity contribution in [2.75, 3.05) is 25.0 Å². The maximum Gasteiger partial charge on any atom is 0.314 e. The minimum Gasteiger partial charge on any atom is -0.466 e. The molecule has 1 saturated heterocycles. The van der Waals surface area contributed by atoms with Crippen LogP contribution in [-0.2, 0) is 16.2 Å². The smallest absolute Gasteiger partial charge is 0.314 e. The highest BCUT2D eigenvalue weighted by molar-refractivity contribution is 7.73. The van der Waals surface area contributed by atoms with Gasteiger partial charge >= 0.3 is 5.97 Å². The number of aromatic nitrogens is 2. The largest absolute Gasteiger partial charge is 0.466 e. The van der Waals surface area contributed by atoms with Gasteiger partial charge in [-0.15, -0.1) is 5.10 Å². The molecule has 2 aromatic rings. The first kappa shape index (κ1) is 19.0. The third-order valence-corrected chi connectivity index (χ3v) is 5.71. The van der Waals surface area contributed by atoms with Crippen molar-refractivity contribution in [2.45, 2.75) is 33.4 Å². The van der Waals surface area contributed by atoms with Crippen molar-refractivity contribution in [3.8, 4) is 0 Å². The summed E-state index contributed by atoms with van der Waals surface area (Å²) in [6.45, 7) is 6.83. The molecule has 0 bridgehead atoms. The number of quaternary nitrogens is 1. The molecule has 3 rings (SSSR count). The molecule has 6 nitrogen and oxygen atoms in total. The summed E-state index contributed by atoms with van der Waals surface area (Å²) in [5, 5.41) is 8.73. The van der Waals surface area contributed by atoms with Gasteiger partial charge in [-0.2, -0.15) is 4.68 Å². The summed E-state index contributed by atoms with van der Waals surface area (Å²) in [6, 6.07) is 8.17. The first-order chi connectivity index (χ1) is 12.5. The van der Waals surface area contributed by atoms with Gasteiger partial charge < -0.3 is 15.0 Å². The van der Waals surface area contributed by atoms with E-state index in [2.05, 4.69) is 29.5 Å². The van der Waals surface area contributed by atoms with Crippen LogP contribution in [0, 0.1) is 16.8 Å². The number of anilines is 2. The van der Waals surface area contributed by atoms with Gasteiger partial charge in [0.15, 0.2) is 10.6 Å². The van der Waals surface area contributed by atoms with Crippen molar-refractivity contribution in [3.05, 3.63) is 33.8 Å². The van der Waals surface area contributed by atoms with Crippen LogP contribution in [0.5, 0.6) is 0 Å². The summed E-state index contributed by atoms with van der Waals surface area (Å²) in [5.41, 5.74) is 2.20. The summed E-state index contributed by atoms with van der Waals surface area (Å²) >= 11 is 6.95. The van der Waals surface area contributed by atoms with Crippen LogP contribution >= 0.6 is 23.6 Å². The standard InChI is InChI=1S/C18H24N4O2S2/c1-3-24-16(23)14-7-5-9-21(11-14)12-22-18(25)26-17(20-22)19-15-8-4-6-13(2)10-15/h4,6,8,10,14H,3,5,7,9,11-12H2,1-2H3,(H,19,20)/p+1/t14-/m1/s1. The van der Waals surface area contributed by atoms with E-state index in [0.717, 1.165) is 40.7 Å². The van der Waals surface area contributed by atoms with E-state index in [1.165, 1.54) is 21.8 Å². The Morgan fingerprint density at radius 2 is 2.38 bits per heavy atom. The lowest BCUT2D eigenvalue weighted by Crippen LogP contribution is -3.13. The van der Waals surface area contributed by atoms with Gasteiger partial charge in [0.1, 0.15) is 5.92 Å². The average molecular weight is 394 g/mol. The number of rotatable bonds is 6. The van der Waals surface area contributed by atoms with Gasteiger partial charge in [-0.25, -0.2) is 0 Å². The molecule has 1 aliphatic heterocycles. The Morgan fingerprint density at radius 1 is 1.54 bits per heavy atom. The molecule has 0 radical (unpaired) electrons. The number of carbonyl (C=O) groups excluding carboxylic acids is 1. The summed E-state index contributed by atoms with van der Waals surface area (Å²) < 4.78 is 7.78. The lowest BCUT2D eigenvalue weighted by molar-refractivity contribution is -0.930. The normalized spacial score (nSPS) is 19.9. The van der Waals surface area contributed by atoms with Crippen LogP contribution in [0.2, 0.25) is 0 Å². The number of ether oxygens (including phenoxy) is 1. The van der Waals surface area contributed by atoms with Crippen molar-refractivity contribution in [1.82, 2.24) is 9.78 Å². The summed E-state index contributed by atoms with van der Waals surface area (Å²) in [7, 11) is 0. The molecule has 1 aliphatic rings. The molecule has 1 unspecified atom stereocenters. The van der Waals surface area contributed by atoms with E-state index in [4.69, 9.17) is 17.0 Å². The van der Waals surface area contributed by atoms with Crippen LogP contribution in [0.1, 0.15) is 25.3 Å². The maximum atomic E-state index is 12.0. The zero-order valence-corrected chi connectivity index (χ0v) is 16.8. The third-order valence-electron chi connectivity index (χ3n) is 4.49. The number of carbonyl (C=O) groups is 1. The fraction of sp³-hybridized carbons (Fsp3) is 0.500. The van der Waals surface area contributed by atoms with E-state index in [1.54, 1.807) is 0 Å². The SMILES string of the molecule is CCOC(=O)[C@@H]1CCC[NH+](Cn2nc(Nc3cccc(C)c3)sc2=S)C1. The van der Waals surface area contributed by atoms with Gasteiger partial charge in [-0.1, -0.05) is 23.5 Å². The van der Waals surface area contributed by atoms with Crippen molar-refractivity contribution < 1.29 is 14.4 Å². The van der Waals surface area contributed by atoms with Crippen LogP contribution in [0.25, 0.3) is 0 Å². The topological polar surface area (TPSA) is 60.6 Å². The van der Waals surface area contributed by atoms with Gasteiger partial charge in [0.25, 0.3) is 0 Å². The number of piperidine rings is 1. The Hall–Kier alpha value is -1.77. The molecule has 1 aromatic heterocycles. The summed E-state index contributed by atoms with van der Waals surface area (Å²) in [5.74, 6) is -0.0928. The number of hydrogen-bond acceptors (Lipinski definition) is 6. The Bertz CT molecular complexity index is 818. The molecule has 0 saturated carbocycles. The maximum absolute atomic E-state index is 12.0. The molecule has 1 aromatic carbocycles. The minimum absolute atomic E-state index is 0.0172. The first-order valence-corrected chi connectivity index (χ1v) is 10.2. The molecule has 0 aliphatic carbocycles. The molecule has 2 atom stereocenters. The van der Waals surface area contributed by atoms with Gasteiger partial charge in [0, 0.05) is 5.69 Å². The second kappa shape index (κ2) is 8.75. The fourth-order valence-electron chi connectivity index (χ4n) is 3.27. The highest BCUT2D eigenvalue weighted by Gasteiger charge is 2.30. The van der Waals surface area contributed by atoms with Gasteiger partial charge in [-0.05, 0) is 56.6 Å². The second-order valence-electron chi connectivity index (χ2n) is 6.62. The van der Waals surface area contributed by atoms with E-state index in [9.17, 15) is 4.79 Å². The first-order valence-electron chi connectivity index (χ1n) is 8.97. The van der Waals surface area contributed by atoms with Crippen molar-refractivity contribution >= 4 is 40.3 Å². The molecule has 140 valence electrons. The number of nitrogens with one attached hydrogen (secondary N) is 2. The molecule has 26 heavy (non-hydrogen) atoms. The van der Waals surface area contributed by atoms with Crippen LogP contribution in [0.15, 0.2) is 24.3 Å². The molecule has 0 amide bonds. The predicted molar refractivity (Wildman–Crippen MR) is 105 cm³/mol.